The van der Waals surface area contributed by atoms with E-state index >= 15 is 0 Å². The lowest BCUT2D eigenvalue weighted by Crippen LogP contribution is -2.55. The molecule has 0 radical (unpaired) electrons. The first-order chi connectivity index (χ1) is 23.9. The van der Waals surface area contributed by atoms with E-state index < -0.39 is 17.6 Å². The van der Waals surface area contributed by atoms with E-state index in [1.807, 2.05) is 103 Å². The van der Waals surface area contributed by atoms with Crippen LogP contribution in [0.25, 0.3) is 22.3 Å². The molecule has 2 aliphatic heterocycles. The number of benzene rings is 5. The fourth-order valence-corrected chi connectivity index (χ4v) is 5.72. The van der Waals surface area contributed by atoms with E-state index in [0.29, 0.717) is 22.6 Å². The smallest absolute Gasteiger partial charge is 0.408 e. The zero-order valence-electron chi connectivity index (χ0n) is 27.0. The molecular formula is C40H36N2O7. The first-order valence-electron chi connectivity index (χ1n) is 16.0. The number of carbonyl (C=O) groups excluding carboxylic acids is 3. The van der Waals surface area contributed by atoms with E-state index in [0.717, 1.165) is 27.8 Å². The predicted molar refractivity (Wildman–Crippen MR) is 185 cm³/mol. The van der Waals surface area contributed by atoms with E-state index in [2.05, 4.69) is 10.6 Å². The normalized spacial score (nSPS) is 12.8. The van der Waals surface area contributed by atoms with Crippen molar-refractivity contribution in [1.82, 2.24) is 10.6 Å². The maximum absolute atomic E-state index is 13.9. The van der Waals surface area contributed by atoms with E-state index in [1.165, 1.54) is 0 Å². The number of hydrogen-bond acceptors (Lipinski definition) is 7. The number of carbonyl (C=O) groups is 3. The van der Waals surface area contributed by atoms with Crippen LogP contribution >= 0.6 is 0 Å². The van der Waals surface area contributed by atoms with Gasteiger partial charge in [-0.15, -0.1) is 0 Å². The Hall–Kier alpha value is -6.09. The van der Waals surface area contributed by atoms with Crippen molar-refractivity contribution in [3.63, 3.8) is 0 Å². The molecule has 2 aliphatic rings. The maximum atomic E-state index is 13.9. The van der Waals surface area contributed by atoms with Crippen molar-refractivity contribution < 1.29 is 33.3 Å². The molecule has 1 atom stereocenters. The van der Waals surface area contributed by atoms with Gasteiger partial charge in [-0.05, 0) is 41.8 Å². The van der Waals surface area contributed by atoms with Gasteiger partial charge in [-0.1, -0.05) is 109 Å². The molecule has 0 unspecified atom stereocenters. The molecule has 0 aliphatic carbocycles. The number of ether oxygens (including phenoxy) is 4. The molecule has 7 rings (SSSR count). The molecule has 0 spiro atoms. The van der Waals surface area contributed by atoms with Crippen LogP contribution in [0.3, 0.4) is 0 Å². The van der Waals surface area contributed by atoms with Crippen LogP contribution in [0.15, 0.2) is 127 Å². The number of alkyl carbamates (subject to hydrolysis) is 1. The highest BCUT2D eigenvalue weighted by Gasteiger charge is 2.40. The Bertz CT molecular complexity index is 1900. The molecule has 0 saturated heterocycles. The third-order valence-electron chi connectivity index (χ3n) is 8.11. The van der Waals surface area contributed by atoms with Gasteiger partial charge < -0.3 is 29.6 Å². The van der Waals surface area contributed by atoms with Crippen molar-refractivity contribution in [1.29, 1.82) is 0 Å². The van der Waals surface area contributed by atoms with Crippen molar-refractivity contribution >= 4 is 18.0 Å². The summed E-state index contributed by atoms with van der Waals surface area (Å²) >= 11 is 0. The summed E-state index contributed by atoms with van der Waals surface area (Å²) in [4.78, 5) is 39.6. The SMILES string of the molecule is C[C@@](Cc1cc2c(-c3ccccc3)c(-c3ccccc3)c1OCO2)(NC(=O)OCc1ccccc1)C(=O)OCCNC(=O)c1ccccc1. The van der Waals surface area contributed by atoms with Crippen molar-refractivity contribution in [2.24, 2.45) is 0 Å². The van der Waals surface area contributed by atoms with Gasteiger partial charge in [0.25, 0.3) is 5.91 Å². The first-order valence-corrected chi connectivity index (χ1v) is 16.0. The van der Waals surface area contributed by atoms with E-state index in [-0.39, 0.29) is 38.9 Å². The van der Waals surface area contributed by atoms with Crippen LogP contribution < -0.4 is 20.1 Å². The Morgan fingerprint density at radius 2 is 1.33 bits per heavy atom. The quantitative estimate of drug-likeness (QED) is 0.110. The van der Waals surface area contributed by atoms with Crippen LogP contribution in [0.1, 0.15) is 28.4 Å². The van der Waals surface area contributed by atoms with E-state index in [1.54, 1.807) is 31.2 Å². The summed E-state index contributed by atoms with van der Waals surface area (Å²) in [6, 6.07) is 39.5. The second-order valence-electron chi connectivity index (χ2n) is 11.7. The highest BCUT2D eigenvalue weighted by Crippen LogP contribution is 2.49. The van der Waals surface area contributed by atoms with Crippen molar-refractivity contribution in [2.45, 2.75) is 25.5 Å². The number of nitrogens with one attached hydrogen (secondary N) is 2. The second kappa shape index (κ2) is 15.2. The van der Waals surface area contributed by atoms with Gasteiger partial charge in [0.15, 0.2) is 0 Å². The summed E-state index contributed by atoms with van der Waals surface area (Å²) in [5.41, 5.74) is 3.83. The van der Waals surface area contributed by atoms with E-state index in [4.69, 9.17) is 18.9 Å². The largest absolute Gasteiger partial charge is 0.462 e. The highest BCUT2D eigenvalue weighted by molar-refractivity contribution is 5.95. The number of hydrogen-bond donors (Lipinski definition) is 2. The van der Waals surface area contributed by atoms with Crippen LogP contribution in [0.5, 0.6) is 11.5 Å². The molecule has 9 heteroatoms. The number of esters is 1. The monoisotopic (exact) mass is 656 g/mol. The Balaban J connectivity index is 1.29. The van der Waals surface area contributed by atoms with Crippen LogP contribution in [-0.2, 0) is 27.3 Å². The average Bonchev–Trinajstić information content (AvgIpc) is 3.46. The van der Waals surface area contributed by atoms with Crippen molar-refractivity contribution in [2.75, 3.05) is 19.9 Å². The third kappa shape index (κ3) is 7.90. The molecule has 5 aromatic carbocycles. The Morgan fingerprint density at radius 1 is 0.735 bits per heavy atom. The lowest BCUT2D eigenvalue weighted by molar-refractivity contribution is -0.150. The average molecular weight is 657 g/mol. The van der Waals surface area contributed by atoms with Gasteiger partial charge in [-0.3, -0.25) is 4.79 Å². The molecule has 248 valence electrons. The minimum absolute atomic E-state index is 0.0107. The van der Waals surface area contributed by atoms with Crippen LogP contribution in [0.4, 0.5) is 4.79 Å². The summed E-state index contributed by atoms with van der Waals surface area (Å²) in [5, 5.41) is 5.52. The fourth-order valence-electron chi connectivity index (χ4n) is 5.72. The molecule has 9 nitrogen and oxygen atoms in total. The fraction of sp³-hybridized carbons (Fsp3) is 0.175. The van der Waals surface area contributed by atoms with Gasteiger partial charge >= 0.3 is 12.1 Å². The van der Waals surface area contributed by atoms with Crippen LogP contribution in [0, 0.1) is 0 Å². The molecule has 2 amide bonds. The summed E-state index contributed by atoms with van der Waals surface area (Å²) in [7, 11) is 0. The van der Waals surface area contributed by atoms with Gasteiger partial charge in [-0.25, -0.2) is 9.59 Å². The Kier molecular flexibility index (Phi) is 10.2. The second-order valence-corrected chi connectivity index (χ2v) is 11.7. The number of fused-ring (bicyclic) bond motifs is 4. The molecule has 2 heterocycles. The third-order valence-corrected chi connectivity index (χ3v) is 8.11. The van der Waals surface area contributed by atoms with Crippen LogP contribution in [0.2, 0.25) is 0 Å². The van der Waals surface area contributed by atoms with Gasteiger partial charge in [0.2, 0.25) is 6.79 Å². The van der Waals surface area contributed by atoms with Gasteiger partial charge in [0, 0.05) is 28.7 Å². The first kappa shape index (κ1) is 32.8. The molecule has 5 aromatic rings. The zero-order chi connectivity index (χ0) is 34.1. The summed E-state index contributed by atoms with van der Waals surface area (Å²) in [6.45, 7) is 1.51. The van der Waals surface area contributed by atoms with E-state index in [9.17, 15) is 14.4 Å². The van der Waals surface area contributed by atoms with Crippen LogP contribution in [-0.4, -0.2) is 43.5 Å². The summed E-state index contributed by atoms with van der Waals surface area (Å²) in [5.74, 6) is 0.105. The van der Waals surface area contributed by atoms with Gasteiger partial charge in [0.1, 0.15) is 30.3 Å². The van der Waals surface area contributed by atoms with Gasteiger partial charge in [0.05, 0.1) is 6.54 Å². The molecule has 0 saturated carbocycles. The zero-order valence-corrected chi connectivity index (χ0v) is 27.0. The molecule has 0 fully saturated rings. The highest BCUT2D eigenvalue weighted by atomic mass is 16.7. The molecule has 49 heavy (non-hydrogen) atoms. The lowest BCUT2D eigenvalue weighted by atomic mass is 9.86. The minimum Gasteiger partial charge on any atom is -0.462 e. The molecule has 2 bridgehead atoms. The standard InChI is InChI=1S/C40H36N2O7/c1-40(42-39(45)47-26-28-14-6-2-7-15-28,38(44)46-23-22-41-37(43)31-20-12-5-13-21-31)25-32-24-33-34(29-16-8-3-9-17-29)35(36(32)49-27-48-33)30-18-10-4-11-19-30/h2-21,24H,22-23,25-27H2,1H3,(H,41,43)(H,42,45)/t40-/m0/s1. The molecular weight excluding hydrogens is 620 g/mol. The molecule has 0 aromatic heterocycles. The number of rotatable bonds is 12. The van der Waals surface area contributed by atoms with Gasteiger partial charge in [-0.2, -0.15) is 0 Å². The molecule has 2 N–H and O–H groups in total. The summed E-state index contributed by atoms with van der Waals surface area (Å²) < 4.78 is 23.5. The summed E-state index contributed by atoms with van der Waals surface area (Å²) in [6.07, 6.45) is -0.804. The maximum Gasteiger partial charge on any atom is 0.408 e. The van der Waals surface area contributed by atoms with Crippen molar-refractivity contribution in [3.8, 4) is 33.8 Å². The Labute approximate surface area is 284 Å². The topological polar surface area (TPSA) is 112 Å². The minimum atomic E-state index is -1.60. The number of amides is 2. The Morgan fingerprint density at radius 3 is 1.98 bits per heavy atom. The lowest BCUT2D eigenvalue weighted by Gasteiger charge is -2.29. The van der Waals surface area contributed by atoms with Crippen molar-refractivity contribution in [3.05, 3.63) is 144 Å². The predicted octanol–water partition coefficient (Wildman–Crippen LogP) is 6.95.